The van der Waals surface area contributed by atoms with E-state index in [0.29, 0.717) is 22.6 Å². The number of benzene rings is 1. The molecule has 0 aliphatic heterocycles. The first-order valence-corrected chi connectivity index (χ1v) is 6.07. The predicted molar refractivity (Wildman–Crippen MR) is 70.2 cm³/mol. The summed E-state index contributed by atoms with van der Waals surface area (Å²) in [6.45, 7) is 4.04. The van der Waals surface area contributed by atoms with Crippen molar-refractivity contribution in [1.82, 2.24) is 5.32 Å². The molecule has 0 heterocycles. The van der Waals surface area contributed by atoms with Crippen molar-refractivity contribution in [3.63, 3.8) is 0 Å². The third-order valence-electron chi connectivity index (χ3n) is 2.13. The number of hydrogen-bond acceptors (Lipinski definition) is 3. The lowest BCUT2D eigenvalue weighted by Gasteiger charge is -2.10. The molecule has 4 nitrogen and oxygen atoms in total. The van der Waals surface area contributed by atoms with Gasteiger partial charge in [-0.1, -0.05) is 11.6 Å². The fourth-order valence-electron chi connectivity index (χ4n) is 1.36. The van der Waals surface area contributed by atoms with Gasteiger partial charge in [0.25, 0.3) is 0 Å². The minimum atomic E-state index is -0.0642. The molecule has 0 saturated heterocycles. The van der Waals surface area contributed by atoms with Crippen molar-refractivity contribution in [3.05, 3.63) is 28.8 Å². The molecule has 0 fully saturated rings. The number of halogens is 1. The molecule has 0 atom stereocenters. The van der Waals surface area contributed by atoms with E-state index in [4.69, 9.17) is 16.3 Å². The lowest BCUT2D eigenvalue weighted by molar-refractivity contribution is -0.122. The van der Waals surface area contributed by atoms with Gasteiger partial charge in [-0.15, -0.1) is 0 Å². The Balaban J connectivity index is 2.44. The number of rotatable bonds is 6. The van der Waals surface area contributed by atoms with E-state index in [1.165, 1.54) is 6.07 Å². The zero-order chi connectivity index (χ0) is 13.5. The van der Waals surface area contributed by atoms with E-state index >= 15 is 0 Å². The van der Waals surface area contributed by atoms with Crippen LogP contribution < -0.4 is 10.1 Å². The highest BCUT2D eigenvalue weighted by molar-refractivity contribution is 6.32. The summed E-state index contributed by atoms with van der Waals surface area (Å²) in [4.78, 5) is 21.9. The van der Waals surface area contributed by atoms with Crippen LogP contribution >= 0.6 is 11.6 Å². The summed E-state index contributed by atoms with van der Waals surface area (Å²) in [5.74, 6) is 0.408. The Morgan fingerprint density at radius 3 is 2.78 bits per heavy atom. The Morgan fingerprint density at radius 2 is 2.22 bits per heavy atom. The summed E-state index contributed by atoms with van der Waals surface area (Å²) in [6.07, 6.45) is 0.982. The van der Waals surface area contributed by atoms with Crippen LogP contribution in [0.5, 0.6) is 5.75 Å². The van der Waals surface area contributed by atoms with Crippen molar-refractivity contribution >= 4 is 23.8 Å². The molecule has 0 unspecified atom stereocenters. The number of ether oxygens (including phenoxy) is 1. The number of amides is 1. The molecule has 0 bridgehead atoms. The smallest absolute Gasteiger partial charge is 0.223 e. The summed E-state index contributed by atoms with van der Waals surface area (Å²) in [5.41, 5.74) is 0.491. The first kappa shape index (κ1) is 14.5. The molecule has 0 saturated carbocycles. The minimum Gasteiger partial charge on any atom is -0.491 e. The van der Waals surface area contributed by atoms with Gasteiger partial charge in [0.15, 0.2) is 0 Å². The van der Waals surface area contributed by atoms with Crippen LogP contribution in [-0.4, -0.2) is 24.8 Å². The van der Waals surface area contributed by atoms with Crippen LogP contribution in [0.3, 0.4) is 0 Å². The maximum atomic E-state index is 11.4. The third kappa shape index (κ3) is 4.75. The third-order valence-corrected chi connectivity index (χ3v) is 2.42. The Hall–Kier alpha value is -1.55. The first-order valence-electron chi connectivity index (χ1n) is 5.70. The van der Waals surface area contributed by atoms with Crippen LogP contribution in [0.2, 0.25) is 5.02 Å². The Labute approximate surface area is 111 Å². The van der Waals surface area contributed by atoms with E-state index in [2.05, 4.69) is 5.32 Å². The quantitative estimate of drug-likeness (QED) is 0.807. The zero-order valence-corrected chi connectivity index (χ0v) is 11.2. The molecule has 5 heteroatoms. The van der Waals surface area contributed by atoms with E-state index in [9.17, 15) is 9.59 Å². The largest absolute Gasteiger partial charge is 0.491 e. The summed E-state index contributed by atoms with van der Waals surface area (Å²) in [6, 6.07) is 4.88. The lowest BCUT2D eigenvalue weighted by Crippen LogP contribution is -2.31. The molecule has 1 aromatic carbocycles. The molecule has 18 heavy (non-hydrogen) atoms. The van der Waals surface area contributed by atoms with Crippen LogP contribution in [0.4, 0.5) is 0 Å². The highest BCUT2D eigenvalue weighted by Crippen LogP contribution is 2.24. The molecule has 1 amide bonds. The average molecular weight is 270 g/mol. The predicted octanol–water partition coefficient (Wildman–Crippen LogP) is 2.45. The van der Waals surface area contributed by atoms with Gasteiger partial charge in [0.1, 0.15) is 12.0 Å². The van der Waals surface area contributed by atoms with Crippen molar-refractivity contribution in [2.75, 3.05) is 6.61 Å². The van der Waals surface area contributed by atoms with Crippen LogP contribution in [0.1, 0.15) is 30.6 Å². The molecule has 0 radical (unpaired) electrons. The molecule has 0 aliphatic rings. The summed E-state index contributed by atoms with van der Waals surface area (Å²) < 4.78 is 5.38. The topological polar surface area (TPSA) is 55.4 Å². The Bertz CT molecular complexity index is 432. The van der Waals surface area contributed by atoms with Crippen molar-refractivity contribution < 1.29 is 14.3 Å². The van der Waals surface area contributed by atoms with E-state index in [1.54, 1.807) is 12.1 Å². The number of carbonyl (C=O) groups is 2. The summed E-state index contributed by atoms with van der Waals surface area (Å²) >= 11 is 5.92. The average Bonchev–Trinajstić information content (AvgIpc) is 2.30. The second-order valence-corrected chi connectivity index (χ2v) is 4.54. The fourth-order valence-corrected chi connectivity index (χ4v) is 1.60. The SMILES string of the molecule is CC(C)NC(=O)CCOc1ccc(C=O)cc1Cl. The van der Waals surface area contributed by atoms with Gasteiger partial charge in [0, 0.05) is 11.6 Å². The maximum Gasteiger partial charge on any atom is 0.223 e. The first-order chi connectivity index (χ1) is 8.52. The van der Waals surface area contributed by atoms with Gasteiger partial charge in [-0.05, 0) is 32.0 Å². The maximum absolute atomic E-state index is 11.4. The molecule has 98 valence electrons. The molecular weight excluding hydrogens is 254 g/mol. The highest BCUT2D eigenvalue weighted by Gasteiger charge is 2.06. The highest BCUT2D eigenvalue weighted by atomic mass is 35.5. The Kier molecular flexibility index (Phi) is 5.65. The number of aldehydes is 1. The van der Waals surface area contributed by atoms with E-state index in [1.807, 2.05) is 13.8 Å². The van der Waals surface area contributed by atoms with E-state index in [0.717, 1.165) is 0 Å². The van der Waals surface area contributed by atoms with Gasteiger partial charge >= 0.3 is 0 Å². The van der Waals surface area contributed by atoms with Crippen LogP contribution in [0, 0.1) is 0 Å². The van der Waals surface area contributed by atoms with Gasteiger partial charge in [-0.2, -0.15) is 0 Å². The van der Waals surface area contributed by atoms with Gasteiger partial charge in [0.2, 0.25) is 5.91 Å². The van der Waals surface area contributed by atoms with Crippen LogP contribution in [-0.2, 0) is 4.79 Å². The second-order valence-electron chi connectivity index (χ2n) is 4.13. The van der Waals surface area contributed by atoms with Crippen molar-refractivity contribution in [2.45, 2.75) is 26.3 Å². The Morgan fingerprint density at radius 1 is 1.50 bits per heavy atom. The van der Waals surface area contributed by atoms with E-state index in [-0.39, 0.29) is 25.0 Å². The van der Waals surface area contributed by atoms with E-state index < -0.39 is 0 Å². The van der Waals surface area contributed by atoms with Crippen LogP contribution in [0.15, 0.2) is 18.2 Å². The minimum absolute atomic E-state index is 0.0642. The number of carbonyl (C=O) groups excluding carboxylic acids is 2. The van der Waals surface area contributed by atoms with Gasteiger partial charge < -0.3 is 10.1 Å². The van der Waals surface area contributed by atoms with Crippen molar-refractivity contribution in [3.8, 4) is 5.75 Å². The lowest BCUT2D eigenvalue weighted by atomic mass is 10.2. The van der Waals surface area contributed by atoms with Crippen molar-refractivity contribution in [1.29, 1.82) is 0 Å². The van der Waals surface area contributed by atoms with Crippen molar-refractivity contribution in [2.24, 2.45) is 0 Å². The second kappa shape index (κ2) is 7.01. The molecule has 1 aromatic rings. The normalized spacial score (nSPS) is 10.2. The molecule has 1 rings (SSSR count). The number of hydrogen-bond donors (Lipinski definition) is 1. The fraction of sp³-hybridized carbons (Fsp3) is 0.385. The van der Waals surface area contributed by atoms with Gasteiger partial charge in [-0.25, -0.2) is 0 Å². The van der Waals surface area contributed by atoms with Gasteiger partial charge in [-0.3, -0.25) is 9.59 Å². The standard InChI is InChI=1S/C13H16ClNO3/c1-9(2)15-13(17)5-6-18-12-4-3-10(8-16)7-11(12)14/h3-4,7-9H,5-6H2,1-2H3,(H,15,17). The molecule has 0 aliphatic carbocycles. The van der Waals surface area contributed by atoms with Crippen LogP contribution in [0.25, 0.3) is 0 Å². The molecular formula is C13H16ClNO3. The zero-order valence-electron chi connectivity index (χ0n) is 10.4. The monoisotopic (exact) mass is 269 g/mol. The number of nitrogens with one attached hydrogen (secondary N) is 1. The molecule has 0 aromatic heterocycles. The molecule has 0 spiro atoms. The summed E-state index contributed by atoms with van der Waals surface area (Å²) in [5, 5.41) is 3.13. The van der Waals surface area contributed by atoms with Gasteiger partial charge in [0.05, 0.1) is 18.1 Å². The summed E-state index contributed by atoms with van der Waals surface area (Å²) in [7, 11) is 0. The molecule has 1 N–H and O–H groups in total.